The van der Waals surface area contributed by atoms with E-state index in [1.807, 2.05) is 13.8 Å². The summed E-state index contributed by atoms with van der Waals surface area (Å²) in [6.07, 6.45) is 1.53. The zero-order valence-electron chi connectivity index (χ0n) is 17.7. The molecule has 2 saturated heterocycles. The first-order valence-electron chi connectivity index (χ1n) is 10.7. The monoisotopic (exact) mass is 459 g/mol. The molecule has 3 amide bonds. The number of hydrogen-bond acceptors (Lipinski definition) is 6. The molecular weight excluding hydrogens is 434 g/mol. The molecule has 2 heterocycles. The molecule has 2 saturated carbocycles. The second kappa shape index (κ2) is 7.13. The molecule has 4 aliphatic rings. The van der Waals surface area contributed by atoms with Gasteiger partial charge in [0.05, 0.1) is 4.75 Å². The summed E-state index contributed by atoms with van der Waals surface area (Å²) in [5.74, 6) is -1.60. The van der Waals surface area contributed by atoms with E-state index in [1.54, 1.807) is 30.3 Å². The molecule has 1 aromatic carbocycles. The first-order chi connectivity index (χ1) is 15.2. The highest BCUT2D eigenvalue weighted by atomic mass is 32.2. The Hall–Kier alpha value is -2.75. The number of carbonyl (C=O) groups excluding carboxylic acids is 3. The van der Waals surface area contributed by atoms with Crippen molar-refractivity contribution in [3.05, 3.63) is 35.9 Å². The lowest BCUT2D eigenvalue weighted by molar-refractivity contribution is -0.163. The van der Waals surface area contributed by atoms with Gasteiger partial charge in [-0.1, -0.05) is 30.3 Å². The van der Waals surface area contributed by atoms with Gasteiger partial charge < -0.3 is 25.4 Å². The number of rotatable bonds is 7. The molecule has 6 atom stereocenters. The van der Waals surface area contributed by atoms with E-state index in [4.69, 9.17) is 4.74 Å². The number of carboxylic acids is 1. The van der Waals surface area contributed by atoms with Crippen LogP contribution in [0.2, 0.25) is 0 Å². The van der Waals surface area contributed by atoms with Crippen molar-refractivity contribution in [3.8, 4) is 0 Å². The minimum absolute atomic E-state index is 0.231. The predicted octanol–water partition coefficient (Wildman–Crippen LogP) is 1.64. The van der Waals surface area contributed by atoms with E-state index in [0.717, 1.165) is 12.8 Å². The van der Waals surface area contributed by atoms with Crippen LogP contribution in [0.1, 0.15) is 44.7 Å². The first-order valence-corrected chi connectivity index (χ1v) is 11.6. The topological polar surface area (TPSA) is 125 Å². The molecule has 170 valence electrons. The zero-order chi connectivity index (χ0) is 22.8. The molecule has 0 aromatic heterocycles. The Morgan fingerprint density at radius 3 is 2.56 bits per heavy atom. The molecule has 5 rings (SSSR count). The molecular formula is C22H25N3O6S. The van der Waals surface area contributed by atoms with Crippen molar-refractivity contribution in [3.63, 3.8) is 0 Å². The van der Waals surface area contributed by atoms with Gasteiger partial charge in [-0.2, -0.15) is 0 Å². The van der Waals surface area contributed by atoms with Crippen LogP contribution in [0.5, 0.6) is 0 Å². The van der Waals surface area contributed by atoms with Crippen LogP contribution >= 0.6 is 11.8 Å². The van der Waals surface area contributed by atoms with Crippen molar-refractivity contribution < 1.29 is 29.0 Å². The number of carboxylic acid groups (broad SMARTS) is 1. The lowest BCUT2D eigenvalue weighted by atomic mass is 9.99. The van der Waals surface area contributed by atoms with Gasteiger partial charge in [0.15, 0.2) is 5.54 Å². The van der Waals surface area contributed by atoms with Gasteiger partial charge in [0, 0.05) is 6.42 Å². The largest absolute Gasteiger partial charge is 0.479 e. The number of alkyl carbamates (subject to hydrolysis) is 1. The number of thioether (sulfide) groups is 1. The normalized spacial score (nSPS) is 33.8. The Labute approximate surface area is 189 Å². The lowest BCUT2D eigenvalue weighted by Gasteiger charge is -2.46. The smallest absolute Gasteiger partial charge is 0.408 e. The maximum absolute atomic E-state index is 13.2. The molecule has 2 aliphatic heterocycles. The second-order valence-corrected chi connectivity index (χ2v) is 10.8. The molecule has 0 radical (unpaired) electrons. The fourth-order valence-corrected chi connectivity index (χ4v) is 6.80. The molecule has 0 bridgehead atoms. The number of fused-ring (bicyclic) bond motifs is 3. The van der Waals surface area contributed by atoms with E-state index in [2.05, 4.69) is 10.6 Å². The Bertz CT molecular complexity index is 1000. The van der Waals surface area contributed by atoms with Crippen molar-refractivity contribution >= 4 is 35.6 Å². The number of carbonyl (C=O) groups is 4. The SMILES string of the molecule is CC(OC(=O)N[C@H](C(=O)NC1C(=O)N2[C@H]1SC1(C)CC21C(=O)O)c1ccccc1)C1CC1. The second-order valence-electron chi connectivity index (χ2n) is 9.21. The van der Waals surface area contributed by atoms with Gasteiger partial charge >= 0.3 is 12.1 Å². The summed E-state index contributed by atoms with van der Waals surface area (Å²) in [5, 5.41) is 14.6. The minimum atomic E-state index is -1.18. The van der Waals surface area contributed by atoms with Crippen molar-refractivity contribution in [2.45, 2.75) is 67.0 Å². The number of aliphatic carboxylic acids is 1. The van der Waals surface area contributed by atoms with Crippen LogP contribution in [0.25, 0.3) is 0 Å². The van der Waals surface area contributed by atoms with Crippen LogP contribution in [0.4, 0.5) is 4.79 Å². The number of hydrogen-bond donors (Lipinski definition) is 3. The van der Waals surface area contributed by atoms with Crippen molar-refractivity contribution in [1.82, 2.24) is 15.5 Å². The third-order valence-corrected chi connectivity index (χ3v) is 8.79. The molecule has 4 unspecified atom stereocenters. The highest BCUT2D eigenvalue weighted by molar-refractivity contribution is 8.02. The molecule has 0 spiro atoms. The van der Waals surface area contributed by atoms with Crippen LogP contribution < -0.4 is 10.6 Å². The Balaban J connectivity index is 1.29. The van der Waals surface area contributed by atoms with E-state index in [0.29, 0.717) is 17.9 Å². The fraction of sp³-hybridized carbons (Fsp3) is 0.545. The molecule has 1 aromatic rings. The molecule has 32 heavy (non-hydrogen) atoms. The summed E-state index contributed by atoms with van der Waals surface area (Å²) in [7, 11) is 0. The van der Waals surface area contributed by atoms with Crippen LogP contribution in [0.3, 0.4) is 0 Å². The van der Waals surface area contributed by atoms with E-state index in [1.165, 1.54) is 16.7 Å². The quantitative estimate of drug-likeness (QED) is 0.529. The maximum Gasteiger partial charge on any atom is 0.408 e. The molecule has 2 aliphatic carbocycles. The number of ether oxygens (including phenoxy) is 1. The summed E-state index contributed by atoms with van der Waals surface area (Å²) in [5.41, 5.74) is -0.624. The third-order valence-electron chi connectivity index (χ3n) is 7.07. The van der Waals surface area contributed by atoms with Gasteiger partial charge in [-0.15, -0.1) is 11.8 Å². The van der Waals surface area contributed by atoms with Crippen LogP contribution in [0.15, 0.2) is 30.3 Å². The van der Waals surface area contributed by atoms with Crippen LogP contribution in [-0.4, -0.2) is 61.7 Å². The average molecular weight is 460 g/mol. The van der Waals surface area contributed by atoms with Gasteiger partial charge in [0.25, 0.3) is 0 Å². The number of nitrogens with one attached hydrogen (secondary N) is 2. The van der Waals surface area contributed by atoms with E-state index < -0.39 is 51.6 Å². The zero-order valence-corrected chi connectivity index (χ0v) is 18.6. The number of nitrogens with zero attached hydrogens (tertiary/aromatic N) is 1. The van der Waals surface area contributed by atoms with Gasteiger partial charge in [0.2, 0.25) is 11.8 Å². The van der Waals surface area contributed by atoms with E-state index in [9.17, 15) is 24.3 Å². The van der Waals surface area contributed by atoms with Gasteiger partial charge in [0.1, 0.15) is 23.6 Å². The summed E-state index contributed by atoms with van der Waals surface area (Å²) in [6, 6.07) is 6.86. The van der Waals surface area contributed by atoms with Gasteiger partial charge in [-0.05, 0) is 38.2 Å². The summed E-state index contributed by atoms with van der Waals surface area (Å²) >= 11 is 1.41. The Morgan fingerprint density at radius 2 is 1.94 bits per heavy atom. The number of amides is 3. The highest BCUT2D eigenvalue weighted by Crippen LogP contribution is 2.71. The number of benzene rings is 1. The molecule has 10 heteroatoms. The lowest BCUT2D eigenvalue weighted by Crippen LogP contribution is -2.72. The van der Waals surface area contributed by atoms with Crippen molar-refractivity contribution in [2.24, 2.45) is 5.92 Å². The van der Waals surface area contributed by atoms with Crippen molar-refractivity contribution in [1.29, 1.82) is 0 Å². The first kappa shape index (κ1) is 21.1. The minimum Gasteiger partial charge on any atom is -0.479 e. The summed E-state index contributed by atoms with van der Waals surface area (Å²) < 4.78 is 4.87. The van der Waals surface area contributed by atoms with Crippen molar-refractivity contribution in [2.75, 3.05) is 0 Å². The molecule has 3 N–H and O–H groups in total. The number of β-lactam (4-membered cyclic amide) rings is 1. The molecule has 4 fully saturated rings. The van der Waals surface area contributed by atoms with Gasteiger partial charge in [-0.25, -0.2) is 9.59 Å². The average Bonchev–Trinajstić information content (AvgIpc) is 3.67. The standard InChI is InChI=1S/C22H25N3O6S/c1-11(12-8-9-12)31-20(30)24-14(13-6-4-3-5-7-13)16(26)23-15-17(27)25-18(15)32-21(2)10-22(21,25)19(28)29/h3-7,11-12,14-15,18H,8-10H2,1-2H3,(H,23,26)(H,24,30)(H,28,29)/t11?,14-,15?,18-,21?,22?/m0/s1. The third kappa shape index (κ3) is 3.07. The van der Waals surface area contributed by atoms with Crippen LogP contribution in [0, 0.1) is 5.92 Å². The fourth-order valence-electron chi connectivity index (χ4n) is 4.88. The Morgan fingerprint density at radius 1 is 1.25 bits per heavy atom. The molecule has 9 nitrogen and oxygen atoms in total. The van der Waals surface area contributed by atoms with Gasteiger partial charge in [-0.3, -0.25) is 9.59 Å². The van der Waals surface area contributed by atoms with Crippen LogP contribution in [-0.2, 0) is 19.1 Å². The van der Waals surface area contributed by atoms with E-state index in [-0.39, 0.29) is 6.10 Å². The van der Waals surface area contributed by atoms with E-state index >= 15 is 0 Å². The predicted molar refractivity (Wildman–Crippen MR) is 115 cm³/mol. The Kier molecular flexibility index (Phi) is 4.70. The summed E-state index contributed by atoms with van der Waals surface area (Å²) in [4.78, 5) is 51.6. The summed E-state index contributed by atoms with van der Waals surface area (Å²) in [6.45, 7) is 3.67. The highest BCUT2D eigenvalue weighted by Gasteiger charge is 2.85. The maximum atomic E-state index is 13.2.